The lowest BCUT2D eigenvalue weighted by Crippen LogP contribution is -2.17. The van der Waals surface area contributed by atoms with Gasteiger partial charge < -0.3 is 0 Å². The average Bonchev–Trinajstić information content (AvgIpc) is 1.99. The lowest BCUT2D eigenvalue weighted by atomic mass is 9.75. The molecule has 0 radical (unpaired) electrons. The highest BCUT2D eigenvalue weighted by atomic mass is 14.3. The molecule has 0 aliphatic heterocycles. The molecule has 0 heterocycles. The van der Waals surface area contributed by atoms with E-state index in [4.69, 9.17) is 0 Å². The standard InChI is InChI=1S/C13H24/c1-4-5-6-10-13(11(2)3)12-8-7-9-12/h10-12H,4-9H2,1-3H3/b13-10-. The summed E-state index contributed by atoms with van der Waals surface area (Å²) >= 11 is 0. The summed E-state index contributed by atoms with van der Waals surface area (Å²) in [5.41, 5.74) is 1.75. The first-order chi connectivity index (χ1) is 6.25. The molecule has 76 valence electrons. The smallest absolute Gasteiger partial charge is 0.0201 e. The predicted molar refractivity (Wildman–Crippen MR) is 59.8 cm³/mol. The molecule has 0 heteroatoms. The number of unbranched alkanes of at least 4 members (excludes halogenated alkanes) is 2. The van der Waals surface area contributed by atoms with E-state index in [1.807, 2.05) is 0 Å². The maximum Gasteiger partial charge on any atom is -0.0201 e. The van der Waals surface area contributed by atoms with Crippen molar-refractivity contribution in [2.24, 2.45) is 11.8 Å². The maximum absolute atomic E-state index is 2.53. The monoisotopic (exact) mass is 180 g/mol. The topological polar surface area (TPSA) is 0 Å². The van der Waals surface area contributed by atoms with Crippen molar-refractivity contribution in [1.29, 1.82) is 0 Å². The lowest BCUT2D eigenvalue weighted by molar-refractivity contribution is 0.343. The summed E-state index contributed by atoms with van der Waals surface area (Å²) in [4.78, 5) is 0. The van der Waals surface area contributed by atoms with Gasteiger partial charge >= 0.3 is 0 Å². The molecule has 0 N–H and O–H groups in total. The van der Waals surface area contributed by atoms with Crippen LogP contribution in [0.15, 0.2) is 11.6 Å². The van der Waals surface area contributed by atoms with Gasteiger partial charge in [0.05, 0.1) is 0 Å². The van der Waals surface area contributed by atoms with Crippen LogP contribution >= 0.6 is 0 Å². The van der Waals surface area contributed by atoms with Crippen LogP contribution in [0.4, 0.5) is 0 Å². The van der Waals surface area contributed by atoms with Crippen LogP contribution in [0.2, 0.25) is 0 Å². The van der Waals surface area contributed by atoms with Crippen molar-refractivity contribution in [3.8, 4) is 0 Å². The summed E-state index contributed by atoms with van der Waals surface area (Å²) in [5, 5.41) is 0. The molecule has 0 aromatic heterocycles. The average molecular weight is 180 g/mol. The second kappa shape index (κ2) is 5.47. The van der Waals surface area contributed by atoms with Gasteiger partial charge in [-0.15, -0.1) is 0 Å². The highest BCUT2D eigenvalue weighted by molar-refractivity contribution is 5.11. The Hall–Kier alpha value is -0.260. The molecule has 0 unspecified atom stereocenters. The quantitative estimate of drug-likeness (QED) is 0.430. The van der Waals surface area contributed by atoms with Crippen LogP contribution < -0.4 is 0 Å². The Morgan fingerprint density at radius 3 is 2.46 bits per heavy atom. The van der Waals surface area contributed by atoms with E-state index in [9.17, 15) is 0 Å². The van der Waals surface area contributed by atoms with Gasteiger partial charge in [0.15, 0.2) is 0 Å². The molecule has 1 rings (SSSR count). The van der Waals surface area contributed by atoms with Gasteiger partial charge in [0, 0.05) is 0 Å². The molecule has 0 atom stereocenters. The highest BCUT2D eigenvalue weighted by Gasteiger charge is 2.22. The van der Waals surface area contributed by atoms with Gasteiger partial charge in [-0.3, -0.25) is 0 Å². The summed E-state index contributed by atoms with van der Waals surface area (Å²) in [6.45, 7) is 6.96. The maximum atomic E-state index is 2.53. The highest BCUT2D eigenvalue weighted by Crippen LogP contribution is 2.36. The third kappa shape index (κ3) is 3.17. The molecule has 0 bridgehead atoms. The minimum absolute atomic E-state index is 0.780. The lowest BCUT2D eigenvalue weighted by Gasteiger charge is -2.30. The molecule has 1 fully saturated rings. The van der Waals surface area contributed by atoms with E-state index >= 15 is 0 Å². The van der Waals surface area contributed by atoms with Gasteiger partial charge in [-0.05, 0) is 31.1 Å². The van der Waals surface area contributed by atoms with Crippen LogP contribution in [0.1, 0.15) is 59.3 Å². The van der Waals surface area contributed by atoms with Crippen LogP contribution in [0.3, 0.4) is 0 Å². The van der Waals surface area contributed by atoms with Gasteiger partial charge in [-0.2, -0.15) is 0 Å². The van der Waals surface area contributed by atoms with Crippen LogP contribution in [0, 0.1) is 11.8 Å². The zero-order valence-corrected chi connectivity index (χ0v) is 9.47. The Balaban J connectivity index is 2.40. The van der Waals surface area contributed by atoms with Crippen LogP contribution in [-0.4, -0.2) is 0 Å². The SMILES string of the molecule is CCCC/C=C(/C(C)C)C1CCC1. The van der Waals surface area contributed by atoms with Crippen molar-refractivity contribution in [1.82, 2.24) is 0 Å². The zero-order valence-electron chi connectivity index (χ0n) is 9.47. The number of hydrogen-bond donors (Lipinski definition) is 0. The van der Waals surface area contributed by atoms with E-state index in [0.29, 0.717) is 0 Å². The molecule has 0 nitrogen and oxygen atoms in total. The van der Waals surface area contributed by atoms with Crippen molar-refractivity contribution < 1.29 is 0 Å². The third-order valence-electron chi connectivity index (χ3n) is 3.18. The van der Waals surface area contributed by atoms with Crippen molar-refractivity contribution in [2.75, 3.05) is 0 Å². The fraction of sp³-hybridized carbons (Fsp3) is 0.846. The van der Waals surface area contributed by atoms with E-state index < -0.39 is 0 Å². The van der Waals surface area contributed by atoms with Crippen molar-refractivity contribution in [2.45, 2.75) is 59.3 Å². The fourth-order valence-electron chi connectivity index (χ4n) is 2.09. The first-order valence-corrected chi connectivity index (χ1v) is 5.95. The number of rotatable bonds is 5. The predicted octanol–water partition coefficient (Wildman–Crippen LogP) is 4.56. The molecule has 0 amide bonds. The van der Waals surface area contributed by atoms with Crippen molar-refractivity contribution in [3.63, 3.8) is 0 Å². The Bertz CT molecular complexity index is 161. The second-order valence-corrected chi connectivity index (χ2v) is 4.63. The molecule has 0 aromatic rings. The van der Waals surface area contributed by atoms with Gasteiger partial charge in [-0.25, -0.2) is 0 Å². The molecule has 1 aliphatic rings. The normalized spacial score (nSPS) is 19.2. The molecular weight excluding hydrogens is 156 g/mol. The third-order valence-corrected chi connectivity index (χ3v) is 3.18. The molecule has 0 saturated heterocycles. The molecule has 0 spiro atoms. The summed E-state index contributed by atoms with van der Waals surface area (Å²) in [6, 6.07) is 0. The first-order valence-electron chi connectivity index (χ1n) is 5.95. The van der Waals surface area contributed by atoms with Crippen LogP contribution in [0.25, 0.3) is 0 Å². The van der Waals surface area contributed by atoms with Gasteiger partial charge in [-0.1, -0.05) is 51.7 Å². The largest absolute Gasteiger partial charge is 0.0848 e. The Kier molecular flexibility index (Phi) is 4.55. The molecule has 13 heavy (non-hydrogen) atoms. The molecule has 1 saturated carbocycles. The summed E-state index contributed by atoms with van der Waals surface area (Å²) in [7, 11) is 0. The van der Waals surface area contributed by atoms with E-state index in [-0.39, 0.29) is 0 Å². The van der Waals surface area contributed by atoms with Gasteiger partial charge in [0.25, 0.3) is 0 Å². The van der Waals surface area contributed by atoms with E-state index in [0.717, 1.165) is 11.8 Å². The fourth-order valence-corrected chi connectivity index (χ4v) is 2.09. The minimum atomic E-state index is 0.780. The van der Waals surface area contributed by atoms with Crippen molar-refractivity contribution in [3.05, 3.63) is 11.6 Å². The van der Waals surface area contributed by atoms with E-state index in [1.165, 1.54) is 38.5 Å². The van der Waals surface area contributed by atoms with Crippen LogP contribution in [0.5, 0.6) is 0 Å². The Morgan fingerprint density at radius 2 is 2.08 bits per heavy atom. The molecule has 0 aromatic carbocycles. The molecule has 1 aliphatic carbocycles. The van der Waals surface area contributed by atoms with E-state index in [1.54, 1.807) is 5.57 Å². The van der Waals surface area contributed by atoms with Gasteiger partial charge in [0.1, 0.15) is 0 Å². The molecular formula is C13H24. The Morgan fingerprint density at radius 1 is 1.38 bits per heavy atom. The first kappa shape index (κ1) is 10.8. The van der Waals surface area contributed by atoms with E-state index in [2.05, 4.69) is 26.8 Å². The summed E-state index contributed by atoms with van der Waals surface area (Å²) < 4.78 is 0. The Labute approximate surface area is 83.4 Å². The summed E-state index contributed by atoms with van der Waals surface area (Å²) in [6.07, 6.45) is 10.9. The van der Waals surface area contributed by atoms with Crippen molar-refractivity contribution >= 4 is 0 Å². The summed E-state index contributed by atoms with van der Waals surface area (Å²) in [5.74, 6) is 1.74. The van der Waals surface area contributed by atoms with Gasteiger partial charge in [0.2, 0.25) is 0 Å². The van der Waals surface area contributed by atoms with Crippen LogP contribution in [-0.2, 0) is 0 Å². The number of hydrogen-bond acceptors (Lipinski definition) is 0. The number of allylic oxidation sites excluding steroid dienone is 2. The second-order valence-electron chi connectivity index (χ2n) is 4.63. The zero-order chi connectivity index (χ0) is 9.68. The minimum Gasteiger partial charge on any atom is -0.0848 e.